The van der Waals surface area contributed by atoms with Crippen LogP contribution in [0.25, 0.3) is 22.3 Å². The number of aldehydes is 1. The molecule has 0 unspecified atom stereocenters. The van der Waals surface area contributed by atoms with Gasteiger partial charge in [0.25, 0.3) is 0 Å². The lowest BCUT2D eigenvalue weighted by Gasteiger charge is -2.03. The summed E-state index contributed by atoms with van der Waals surface area (Å²) < 4.78 is 0. The van der Waals surface area contributed by atoms with E-state index in [2.05, 4.69) is 15.0 Å². The second-order valence-electron chi connectivity index (χ2n) is 4.17. The van der Waals surface area contributed by atoms with Gasteiger partial charge in [-0.15, -0.1) is 0 Å². The average Bonchev–Trinajstić information content (AvgIpc) is 2.82. The van der Waals surface area contributed by atoms with Gasteiger partial charge in [0.2, 0.25) is 0 Å². The second-order valence-corrected chi connectivity index (χ2v) is 4.17. The van der Waals surface area contributed by atoms with Gasteiger partial charge >= 0.3 is 0 Å². The van der Waals surface area contributed by atoms with Crippen LogP contribution in [-0.4, -0.2) is 21.2 Å². The van der Waals surface area contributed by atoms with Crippen LogP contribution in [-0.2, 0) is 0 Å². The summed E-state index contributed by atoms with van der Waals surface area (Å²) in [6.07, 6.45) is 3.98. The van der Waals surface area contributed by atoms with Gasteiger partial charge in [0.05, 0.1) is 11.1 Å². The van der Waals surface area contributed by atoms with Crippen molar-refractivity contribution < 1.29 is 4.79 Å². The molecule has 0 radical (unpaired) electrons. The zero-order chi connectivity index (χ0) is 12.5. The molecule has 0 saturated heterocycles. The molecule has 4 heteroatoms. The summed E-state index contributed by atoms with van der Waals surface area (Å²) in [4.78, 5) is 22.4. The average molecular weight is 237 g/mol. The first kappa shape index (κ1) is 10.7. The third-order valence-corrected chi connectivity index (χ3v) is 2.95. The first-order valence-electron chi connectivity index (χ1n) is 5.64. The highest BCUT2D eigenvalue weighted by Gasteiger charge is 2.11. The molecule has 0 bridgehead atoms. The smallest absolute Gasteiger partial charge is 0.152 e. The molecular weight excluding hydrogens is 226 g/mol. The molecule has 0 atom stereocenters. The zero-order valence-corrected chi connectivity index (χ0v) is 9.84. The van der Waals surface area contributed by atoms with E-state index in [4.69, 9.17) is 0 Å². The summed E-state index contributed by atoms with van der Waals surface area (Å²) in [7, 11) is 0. The van der Waals surface area contributed by atoms with Gasteiger partial charge in [0, 0.05) is 17.3 Å². The molecule has 2 aromatic heterocycles. The molecule has 0 aliphatic heterocycles. The van der Waals surface area contributed by atoms with Crippen LogP contribution in [0, 0.1) is 6.92 Å². The highest BCUT2D eigenvalue weighted by molar-refractivity contribution is 6.02. The van der Waals surface area contributed by atoms with Crippen molar-refractivity contribution in [1.82, 2.24) is 15.0 Å². The third kappa shape index (κ3) is 1.59. The number of hydrogen-bond acceptors (Lipinski definition) is 3. The van der Waals surface area contributed by atoms with Gasteiger partial charge < -0.3 is 4.98 Å². The molecule has 4 nitrogen and oxygen atoms in total. The number of carbonyl (C=O) groups is 1. The molecule has 0 amide bonds. The lowest BCUT2D eigenvalue weighted by Crippen LogP contribution is -1.89. The summed E-state index contributed by atoms with van der Waals surface area (Å²) in [5.41, 5.74) is 4.22. The van der Waals surface area contributed by atoms with E-state index in [1.807, 2.05) is 31.2 Å². The van der Waals surface area contributed by atoms with E-state index in [0.717, 1.165) is 22.9 Å². The molecule has 0 aliphatic rings. The SMILES string of the molecule is Cc1ccc(-c2ncnc3[nH]cc(C=O)c23)cc1. The van der Waals surface area contributed by atoms with Gasteiger partial charge in [-0.1, -0.05) is 29.8 Å². The van der Waals surface area contributed by atoms with Crippen LogP contribution in [0.4, 0.5) is 0 Å². The fourth-order valence-electron chi connectivity index (χ4n) is 2.01. The number of hydrogen-bond donors (Lipinski definition) is 1. The Labute approximate surface area is 104 Å². The number of aromatic nitrogens is 3. The van der Waals surface area contributed by atoms with Crippen LogP contribution in [0.2, 0.25) is 0 Å². The summed E-state index contributed by atoms with van der Waals surface area (Å²) in [6, 6.07) is 8.05. The van der Waals surface area contributed by atoms with E-state index < -0.39 is 0 Å². The molecule has 1 N–H and O–H groups in total. The predicted molar refractivity (Wildman–Crippen MR) is 69.4 cm³/mol. The van der Waals surface area contributed by atoms with Crippen LogP contribution in [0.15, 0.2) is 36.8 Å². The van der Waals surface area contributed by atoms with E-state index in [-0.39, 0.29) is 0 Å². The van der Waals surface area contributed by atoms with Crippen molar-refractivity contribution in [2.75, 3.05) is 0 Å². The molecule has 18 heavy (non-hydrogen) atoms. The zero-order valence-electron chi connectivity index (χ0n) is 9.84. The monoisotopic (exact) mass is 237 g/mol. The van der Waals surface area contributed by atoms with Gasteiger partial charge in [-0.3, -0.25) is 4.79 Å². The Morgan fingerprint density at radius 2 is 1.94 bits per heavy atom. The van der Waals surface area contributed by atoms with E-state index in [1.54, 1.807) is 6.20 Å². The van der Waals surface area contributed by atoms with Crippen molar-refractivity contribution >= 4 is 17.3 Å². The maximum absolute atomic E-state index is 11.0. The Hall–Kier alpha value is -2.49. The van der Waals surface area contributed by atoms with Crippen molar-refractivity contribution in [3.63, 3.8) is 0 Å². The number of nitrogens with zero attached hydrogens (tertiary/aromatic N) is 2. The highest BCUT2D eigenvalue weighted by Crippen LogP contribution is 2.27. The van der Waals surface area contributed by atoms with E-state index >= 15 is 0 Å². The molecule has 3 rings (SSSR count). The minimum Gasteiger partial charge on any atom is -0.345 e. The normalized spacial score (nSPS) is 10.7. The highest BCUT2D eigenvalue weighted by atomic mass is 16.1. The Balaban J connectivity index is 2.31. The van der Waals surface area contributed by atoms with Crippen molar-refractivity contribution in [2.24, 2.45) is 0 Å². The number of rotatable bonds is 2. The maximum atomic E-state index is 11.0. The topological polar surface area (TPSA) is 58.6 Å². The quantitative estimate of drug-likeness (QED) is 0.697. The third-order valence-electron chi connectivity index (χ3n) is 2.95. The van der Waals surface area contributed by atoms with Crippen molar-refractivity contribution in [3.05, 3.63) is 47.9 Å². The Kier molecular flexibility index (Phi) is 2.41. The number of aromatic amines is 1. The summed E-state index contributed by atoms with van der Waals surface area (Å²) >= 11 is 0. The van der Waals surface area contributed by atoms with Crippen LogP contribution in [0.1, 0.15) is 15.9 Å². The van der Waals surface area contributed by atoms with Gasteiger partial charge in [-0.2, -0.15) is 0 Å². The molecule has 0 aliphatic carbocycles. The number of H-pyrrole nitrogens is 1. The molecule has 0 spiro atoms. The standard InChI is InChI=1S/C14H11N3O/c1-9-2-4-10(5-3-9)13-12-11(7-18)6-15-14(12)17-8-16-13/h2-8H,1H3,(H,15,16,17). The summed E-state index contributed by atoms with van der Waals surface area (Å²) in [6.45, 7) is 2.03. The molecule has 88 valence electrons. The summed E-state index contributed by atoms with van der Waals surface area (Å²) in [5.74, 6) is 0. The van der Waals surface area contributed by atoms with Crippen LogP contribution >= 0.6 is 0 Å². The minimum atomic E-state index is 0.584. The van der Waals surface area contributed by atoms with E-state index in [0.29, 0.717) is 11.2 Å². The van der Waals surface area contributed by atoms with E-state index in [1.165, 1.54) is 11.9 Å². The molecule has 2 heterocycles. The largest absolute Gasteiger partial charge is 0.345 e. The molecule has 3 aromatic rings. The molecule has 0 saturated carbocycles. The molecular formula is C14H11N3O. The number of carbonyl (C=O) groups excluding carboxylic acids is 1. The van der Waals surface area contributed by atoms with Crippen LogP contribution in [0.3, 0.4) is 0 Å². The van der Waals surface area contributed by atoms with Crippen molar-refractivity contribution in [3.8, 4) is 11.3 Å². The van der Waals surface area contributed by atoms with Crippen molar-refractivity contribution in [1.29, 1.82) is 0 Å². The van der Waals surface area contributed by atoms with Crippen LogP contribution < -0.4 is 0 Å². The Bertz CT molecular complexity index is 713. The summed E-state index contributed by atoms with van der Waals surface area (Å²) in [5, 5.41) is 0.774. The van der Waals surface area contributed by atoms with E-state index in [9.17, 15) is 4.79 Å². The maximum Gasteiger partial charge on any atom is 0.152 e. The first-order chi connectivity index (χ1) is 8.79. The predicted octanol–water partition coefficient (Wildman–Crippen LogP) is 2.75. The van der Waals surface area contributed by atoms with Gasteiger partial charge in [-0.05, 0) is 6.92 Å². The number of nitrogens with one attached hydrogen (secondary N) is 1. The lowest BCUT2D eigenvalue weighted by atomic mass is 10.1. The van der Waals surface area contributed by atoms with Gasteiger partial charge in [0.15, 0.2) is 6.29 Å². The number of fused-ring (bicyclic) bond motifs is 1. The van der Waals surface area contributed by atoms with Gasteiger partial charge in [0.1, 0.15) is 12.0 Å². The van der Waals surface area contributed by atoms with Crippen LogP contribution in [0.5, 0.6) is 0 Å². The fraction of sp³-hybridized carbons (Fsp3) is 0.0714. The van der Waals surface area contributed by atoms with Gasteiger partial charge in [-0.25, -0.2) is 9.97 Å². The number of aryl methyl sites for hydroxylation is 1. The minimum absolute atomic E-state index is 0.584. The second kappa shape index (κ2) is 4.07. The number of benzene rings is 1. The molecule has 1 aromatic carbocycles. The Morgan fingerprint density at radius 1 is 1.17 bits per heavy atom. The Morgan fingerprint density at radius 3 is 2.67 bits per heavy atom. The van der Waals surface area contributed by atoms with Crippen molar-refractivity contribution in [2.45, 2.75) is 6.92 Å². The first-order valence-corrected chi connectivity index (χ1v) is 5.64. The molecule has 0 fully saturated rings. The fourth-order valence-corrected chi connectivity index (χ4v) is 2.01. The lowest BCUT2D eigenvalue weighted by molar-refractivity contribution is 0.112.